The van der Waals surface area contributed by atoms with Gasteiger partial charge in [-0.1, -0.05) is 0 Å². The van der Waals surface area contributed by atoms with E-state index in [4.69, 9.17) is 5.73 Å². The number of rotatable bonds is 2. The van der Waals surface area contributed by atoms with E-state index in [1.165, 1.54) is 0 Å². The van der Waals surface area contributed by atoms with Crippen LogP contribution in [0.15, 0.2) is 42.5 Å². The van der Waals surface area contributed by atoms with Crippen molar-refractivity contribution in [2.24, 2.45) is 0 Å². The van der Waals surface area contributed by atoms with E-state index in [0.717, 1.165) is 41.5 Å². The van der Waals surface area contributed by atoms with Gasteiger partial charge in [0.2, 0.25) is 0 Å². The standard InChI is InChI=1S/C11H10N.Y/c1-2-3-4-6-10-7-5-8-11(12)9-10;/h2-9H,12H2;/b3-2+,6-4-;. The molecule has 0 heterocycles. The van der Waals surface area contributed by atoms with Crippen molar-refractivity contribution in [1.82, 2.24) is 0 Å². The van der Waals surface area contributed by atoms with Crippen LogP contribution in [-0.2, 0) is 30.2 Å². The quantitative estimate of drug-likeness (QED) is 0.628. The zero-order valence-corrected chi connectivity index (χ0v) is 10.1. The van der Waals surface area contributed by atoms with Crippen molar-refractivity contribution in [2.75, 3.05) is 5.73 Å². The van der Waals surface area contributed by atoms with Crippen LogP contribution in [0, 0.1) is 2.59 Å². The topological polar surface area (TPSA) is 26.0 Å². The predicted octanol–water partition coefficient (Wildman–Crippen LogP) is 2.34. The zero-order valence-electron chi connectivity index (χ0n) is 7.27. The second-order valence-corrected chi connectivity index (χ2v) is 3.37. The van der Waals surface area contributed by atoms with Crippen LogP contribution in [-0.4, -0.2) is 0 Å². The van der Waals surface area contributed by atoms with Crippen LogP contribution < -0.4 is 5.73 Å². The van der Waals surface area contributed by atoms with Gasteiger partial charge in [0.15, 0.2) is 0 Å². The molecule has 1 nitrogen and oxygen atoms in total. The molecule has 0 bridgehead atoms. The van der Waals surface area contributed by atoms with Gasteiger partial charge in [-0.2, -0.15) is 0 Å². The third-order valence-corrected chi connectivity index (χ3v) is 1.98. The minimum absolute atomic E-state index is 0.798. The van der Waals surface area contributed by atoms with Gasteiger partial charge in [-0.3, -0.25) is 0 Å². The Bertz CT molecular complexity index is 372. The third-order valence-electron chi connectivity index (χ3n) is 1.50. The Labute approximate surface area is 97.8 Å². The summed E-state index contributed by atoms with van der Waals surface area (Å²) in [6, 6.07) is 7.79. The molecule has 1 rings (SSSR count). The molecule has 0 aliphatic carbocycles. The number of benzene rings is 1. The van der Waals surface area contributed by atoms with Crippen LogP contribution in [0.3, 0.4) is 0 Å². The maximum absolute atomic E-state index is 5.63. The van der Waals surface area contributed by atoms with Crippen LogP contribution in [0.5, 0.6) is 0 Å². The number of anilines is 1. The Morgan fingerprint density at radius 1 is 1.31 bits per heavy atom. The predicted molar refractivity (Wildman–Crippen MR) is 52.9 cm³/mol. The molecular formula is C11H10NY. The van der Waals surface area contributed by atoms with Crippen molar-refractivity contribution in [1.29, 1.82) is 0 Å². The first-order valence-corrected chi connectivity index (χ1v) is 5.40. The van der Waals surface area contributed by atoms with E-state index in [-0.39, 0.29) is 0 Å². The van der Waals surface area contributed by atoms with Crippen molar-refractivity contribution in [3.63, 3.8) is 0 Å². The Hall–Kier alpha value is -0.616. The van der Waals surface area contributed by atoms with Crippen molar-refractivity contribution < 1.29 is 30.2 Å². The molecule has 0 fully saturated rings. The van der Waals surface area contributed by atoms with E-state index in [1.54, 1.807) is 0 Å². The van der Waals surface area contributed by atoms with Gasteiger partial charge in [-0.15, -0.1) is 0 Å². The fourth-order valence-corrected chi connectivity index (χ4v) is 1.21. The van der Waals surface area contributed by atoms with Crippen LogP contribution in [0.1, 0.15) is 5.56 Å². The summed E-state index contributed by atoms with van der Waals surface area (Å²) in [6.45, 7) is 0. The first-order chi connectivity index (χ1) is 6.33. The first kappa shape index (κ1) is 10.5. The van der Waals surface area contributed by atoms with Gasteiger partial charge in [0.1, 0.15) is 0 Å². The number of allylic oxidation sites excluding steroid dienone is 3. The van der Waals surface area contributed by atoms with E-state index >= 15 is 0 Å². The number of hydrogen-bond donors (Lipinski definition) is 1. The van der Waals surface area contributed by atoms with Gasteiger partial charge < -0.3 is 0 Å². The summed E-state index contributed by atoms with van der Waals surface area (Å²) in [5.41, 5.74) is 7.55. The van der Waals surface area contributed by atoms with Crippen molar-refractivity contribution in [2.45, 2.75) is 0 Å². The van der Waals surface area contributed by atoms with Gasteiger partial charge in [-0.25, -0.2) is 0 Å². The summed E-state index contributed by atoms with van der Waals surface area (Å²) in [5.74, 6) is 0. The molecule has 0 saturated carbocycles. The molecule has 2 heteroatoms. The molecule has 2 N–H and O–H groups in total. The number of nitrogens with two attached hydrogens (primary N) is 1. The molecule has 1 aromatic carbocycles. The summed E-state index contributed by atoms with van der Waals surface area (Å²) >= 11 is 1.04. The fraction of sp³-hybridized carbons (Fsp3) is 0. The molecule has 0 amide bonds. The number of hydrogen-bond acceptors (Lipinski definition) is 1. The van der Waals surface area contributed by atoms with E-state index in [0.29, 0.717) is 0 Å². The minimum atomic E-state index is 0.798. The van der Waals surface area contributed by atoms with Crippen LogP contribution in [0.25, 0.3) is 6.08 Å². The molecule has 1 aromatic rings. The third kappa shape index (κ3) is 4.24. The van der Waals surface area contributed by atoms with Crippen LogP contribution in [0.4, 0.5) is 5.69 Å². The Balaban J connectivity index is 2.70. The molecular weight excluding hydrogens is 235 g/mol. The molecule has 0 radical (unpaired) electrons. The Kier molecular flexibility index (Phi) is 4.78. The van der Waals surface area contributed by atoms with Gasteiger partial charge in [0, 0.05) is 0 Å². The summed E-state index contributed by atoms with van der Waals surface area (Å²) in [5, 5.41) is 0. The second kappa shape index (κ2) is 5.93. The van der Waals surface area contributed by atoms with Crippen LogP contribution >= 0.6 is 0 Å². The van der Waals surface area contributed by atoms with Gasteiger partial charge >= 0.3 is 98.4 Å². The van der Waals surface area contributed by atoms with Gasteiger partial charge in [0.05, 0.1) is 0 Å². The molecule has 13 heavy (non-hydrogen) atoms. The first-order valence-electron chi connectivity index (χ1n) is 3.98. The molecule has 0 aliphatic rings. The molecule has 0 spiro atoms. The normalized spacial score (nSPS) is 10.9. The van der Waals surface area contributed by atoms with Crippen molar-refractivity contribution >= 4 is 11.8 Å². The Morgan fingerprint density at radius 3 is 2.85 bits per heavy atom. The maximum atomic E-state index is 5.63. The summed E-state index contributed by atoms with van der Waals surface area (Å²) < 4.78 is 3.04. The summed E-state index contributed by atoms with van der Waals surface area (Å²) in [4.78, 5) is 0. The molecule has 0 aromatic heterocycles. The summed E-state index contributed by atoms with van der Waals surface area (Å²) in [6.07, 6.45) is 7.89. The second-order valence-electron chi connectivity index (χ2n) is 2.56. The molecule has 0 atom stereocenters. The van der Waals surface area contributed by atoms with Gasteiger partial charge in [-0.05, 0) is 0 Å². The van der Waals surface area contributed by atoms with E-state index < -0.39 is 0 Å². The SMILES string of the molecule is Nc1cccc(/C=C\C=C\[C]#[Y])c1. The average molecular weight is 245 g/mol. The monoisotopic (exact) mass is 245 g/mol. The molecule has 62 valence electrons. The fourth-order valence-electron chi connectivity index (χ4n) is 0.940. The molecule has 0 saturated heterocycles. The van der Waals surface area contributed by atoms with Gasteiger partial charge in [0.25, 0.3) is 0 Å². The zero-order chi connectivity index (χ0) is 9.52. The summed E-state index contributed by atoms with van der Waals surface area (Å²) in [7, 11) is 0. The number of nitrogen functional groups attached to an aromatic ring is 1. The van der Waals surface area contributed by atoms with E-state index in [1.807, 2.05) is 48.6 Å². The Morgan fingerprint density at radius 2 is 2.15 bits per heavy atom. The average Bonchev–Trinajstić information content (AvgIpc) is 2.13. The van der Waals surface area contributed by atoms with E-state index in [9.17, 15) is 0 Å². The van der Waals surface area contributed by atoms with Crippen LogP contribution in [0.2, 0.25) is 0 Å². The van der Waals surface area contributed by atoms with Crippen molar-refractivity contribution in [3.05, 3.63) is 48.1 Å². The van der Waals surface area contributed by atoms with Crippen molar-refractivity contribution in [3.8, 4) is 2.59 Å². The van der Waals surface area contributed by atoms with E-state index in [2.05, 4.69) is 2.59 Å². The molecule has 0 aliphatic heterocycles. The molecule has 0 unspecified atom stereocenters.